The number of halogens is 2. The molecule has 0 saturated heterocycles. The summed E-state index contributed by atoms with van der Waals surface area (Å²) in [6.07, 6.45) is 6.89. The Hall–Kier alpha value is -2.91. The van der Waals surface area contributed by atoms with Crippen LogP contribution in [0.5, 0.6) is 0 Å². The molecule has 0 aliphatic carbocycles. The SMILES string of the molecule is O=C(Nc1nn(Cc2ccccc2)cc1Cl)c1ccn(Cn2cc(Br)cn2)n1. The number of nitrogens with zero attached hydrogens (tertiary/aromatic N) is 6. The summed E-state index contributed by atoms with van der Waals surface area (Å²) >= 11 is 9.56. The highest BCUT2D eigenvalue weighted by Crippen LogP contribution is 2.20. The van der Waals surface area contributed by atoms with Gasteiger partial charge in [-0.3, -0.25) is 14.2 Å². The molecule has 0 radical (unpaired) electrons. The molecule has 3 heterocycles. The molecule has 1 N–H and O–H groups in total. The van der Waals surface area contributed by atoms with E-state index < -0.39 is 0 Å². The zero-order valence-electron chi connectivity index (χ0n) is 14.5. The molecule has 28 heavy (non-hydrogen) atoms. The van der Waals surface area contributed by atoms with Crippen molar-refractivity contribution in [1.29, 1.82) is 0 Å². The lowest BCUT2D eigenvalue weighted by Crippen LogP contribution is -2.15. The number of aromatic nitrogens is 6. The van der Waals surface area contributed by atoms with Crippen molar-refractivity contribution in [3.8, 4) is 0 Å². The van der Waals surface area contributed by atoms with Gasteiger partial charge < -0.3 is 5.32 Å². The van der Waals surface area contributed by atoms with Gasteiger partial charge in [0.1, 0.15) is 11.7 Å². The van der Waals surface area contributed by atoms with Crippen LogP contribution in [-0.2, 0) is 13.2 Å². The smallest absolute Gasteiger partial charge is 0.277 e. The normalized spacial score (nSPS) is 10.9. The molecule has 0 saturated carbocycles. The number of carbonyl (C=O) groups excluding carboxylic acids is 1. The molecule has 4 rings (SSSR count). The number of rotatable bonds is 6. The van der Waals surface area contributed by atoms with Crippen molar-refractivity contribution >= 4 is 39.3 Å². The van der Waals surface area contributed by atoms with E-state index in [1.807, 2.05) is 36.5 Å². The van der Waals surface area contributed by atoms with E-state index >= 15 is 0 Å². The van der Waals surface area contributed by atoms with E-state index in [1.54, 1.807) is 38.7 Å². The Kier molecular flexibility index (Phi) is 5.27. The summed E-state index contributed by atoms with van der Waals surface area (Å²) < 4.78 is 5.87. The minimum atomic E-state index is -0.382. The molecule has 0 spiro atoms. The third kappa shape index (κ3) is 4.32. The Bertz CT molecular complexity index is 1100. The largest absolute Gasteiger partial charge is 0.302 e. The van der Waals surface area contributed by atoms with E-state index in [4.69, 9.17) is 11.6 Å². The lowest BCUT2D eigenvalue weighted by Gasteiger charge is -2.02. The van der Waals surface area contributed by atoms with Gasteiger partial charge in [-0.1, -0.05) is 41.9 Å². The number of carbonyl (C=O) groups is 1. The summed E-state index contributed by atoms with van der Waals surface area (Å²) in [6, 6.07) is 11.5. The molecule has 10 heteroatoms. The van der Waals surface area contributed by atoms with E-state index in [-0.39, 0.29) is 11.6 Å². The first-order chi connectivity index (χ1) is 13.6. The summed E-state index contributed by atoms with van der Waals surface area (Å²) in [4.78, 5) is 12.5. The highest BCUT2D eigenvalue weighted by Gasteiger charge is 2.15. The van der Waals surface area contributed by atoms with E-state index in [0.717, 1.165) is 10.0 Å². The zero-order valence-corrected chi connectivity index (χ0v) is 16.9. The van der Waals surface area contributed by atoms with Crippen LogP contribution in [-0.4, -0.2) is 35.2 Å². The second kappa shape index (κ2) is 7.99. The van der Waals surface area contributed by atoms with Crippen LogP contribution in [0.4, 0.5) is 5.82 Å². The fraction of sp³-hybridized carbons (Fsp3) is 0.111. The second-order valence-electron chi connectivity index (χ2n) is 6.04. The predicted octanol–water partition coefficient (Wildman–Crippen LogP) is 3.50. The van der Waals surface area contributed by atoms with Crippen molar-refractivity contribution in [3.05, 3.63) is 81.9 Å². The fourth-order valence-corrected chi connectivity index (χ4v) is 3.16. The molecule has 1 amide bonds. The van der Waals surface area contributed by atoms with Gasteiger partial charge in [-0.05, 0) is 27.6 Å². The highest BCUT2D eigenvalue weighted by atomic mass is 79.9. The summed E-state index contributed by atoms with van der Waals surface area (Å²) in [6.45, 7) is 0.954. The maximum absolute atomic E-state index is 12.5. The number of benzene rings is 1. The quantitative estimate of drug-likeness (QED) is 0.477. The molecule has 0 aliphatic heterocycles. The first kappa shape index (κ1) is 18.5. The molecule has 142 valence electrons. The molecule has 0 atom stereocenters. The van der Waals surface area contributed by atoms with Crippen molar-refractivity contribution < 1.29 is 4.79 Å². The van der Waals surface area contributed by atoms with E-state index in [0.29, 0.717) is 24.1 Å². The van der Waals surface area contributed by atoms with Gasteiger partial charge in [-0.25, -0.2) is 4.68 Å². The van der Waals surface area contributed by atoms with Gasteiger partial charge in [0.15, 0.2) is 11.5 Å². The van der Waals surface area contributed by atoms with Crippen molar-refractivity contribution in [1.82, 2.24) is 29.3 Å². The molecule has 3 aromatic heterocycles. The maximum atomic E-state index is 12.5. The average Bonchev–Trinajstić information content (AvgIpc) is 3.38. The van der Waals surface area contributed by atoms with E-state index in [2.05, 4.69) is 36.5 Å². The molecular formula is C18H15BrClN7O. The molecule has 1 aromatic carbocycles. The van der Waals surface area contributed by atoms with Crippen LogP contribution in [0.15, 0.2) is 65.7 Å². The van der Waals surface area contributed by atoms with Crippen LogP contribution in [0.1, 0.15) is 16.1 Å². The van der Waals surface area contributed by atoms with Crippen molar-refractivity contribution in [2.75, 3.05) is 5.32 Å². The Balaban J connectivity index is 1.42. The first-order valence-electron chi connectivity index (χ1n) is 8.36. The van der Waals surface area contributed by atoms with Crippen LogP contribution < -0.4 is 5.32 Å². The summed E-state index contributed by atoms with van der Waals surface area (Å²) in [5.41, 5.74) is 1.35. The van der Waals surface area contributed by atoms with Crippen LogP contribution in [0.2, 0.25) is 5.02 Å². The minimum absolute atomic E-state index is 0.264. The van der Waals surface area contributed by atoms with Crippen molar-refractivity contribution in [2.45, 2.75) is 13.2 Å². The Morgan fingerprint density at radius 2 is 1.89 bits per heavy atom. The van der Waals surface area contributed by atoms with E-state index in [9.17, 15) is 4.79 Å². The Morgan fingerprint density at radius 3 is 2.64 bits per heavy atom. The number of hydrogen-bond acceptors (Lipinski definition) is 4. The van der Waals surface area contributed by atoms with E-state index in [1.165, 1.54) is 0 Å². The second-order valence-corrected chi connectivity index (χ2v) is 7.37. The van der Waals surface area contributed by atoms with Crippen LogP contribution in [0.25, 0.3) is 0 Å². The summed E-state index contributed by atoms with van der Waals surface area (Å²) in [5, 5.41) is 15.8. The molecule has 0 fully saturated rings. The lowest BCUT2D eigenvalue weighted by molar-refractivity contribution is 0.102. The van der Waals surface area contributed by atoms with Gasteiger partial charge >= 0.3 is 0 Å². The first-order valence-corrected chi connectivity index (χ1v) is 9.53. The van der Waals surface area contributed by atoms with Crippen LogP contribution >= 0.6 is 27.5 Å². The van der Waals surface area contributed by atoms with Crippen molar-refractivity contribution in [3.63, 3.8) is 0 Å². The third-order valence-corrected chi connectivity index (χ3v) is 4.59. The van der Waals surface area contributed by atoms with Gasteiger partial charge in [-0.2, -0.15) is 15.3 Å². The van der Waals surface area contributed by atoms with Crippen LogP contribution in [0.3, 0.4) is 0 Å². The lowest BCUT2D eigenvalue weighted by atomic mass is 10.2. The molecule has 0 aliphatic rings. The topological polar surface area (TPSA) is 82.6 Å². The number of anilines is 1. The Labute approximate surface area is 173 Å². The number of amides is 1. The molecule has 8 nitrogen and oxygen atoms in total. The van der Waals surface area contributed by atoms with Gasteiger partial charge in [0.25, 0.3) is 5.91 Å². The third-order valence-electron chi connectivity index (χ3n) is 3.90. The van der Waals surface area contributed by atoms with Crippen LogP contribution in [0, 0.1) is 0 Å². The fourth-order valence-electron chi connectivity index (χ4n) is 2.63. The molecule has 0 unspecified atom stereocenters. The minimum Gasteiger partial charge on any atom is -0.302 e. The number of nitrogens with one attached hydrogen (secondary N) is 1. The van der Waals surface area contributed by atoms with Gasteiger partial charge in [-0.15, -0.1) is 0 Å². The predicted molar refractivity (Wildman–Crippen MR) is 108 cm³/mol. The Morgan fingerprint density at radius 1 is 1.07 bits per heavy atom. The van der Waals surface area contributed by atoms with Crippen molar-refractivity contribution in [2.24, 2.45) is 0 Å². The summed E-state index contributed by atoms with van der Waals surface area (Å²) in [5.74, 6) is -0.0830. The summed E-state index contributed by atoms with van der Waals surface area (Å²) in [7, 11) is 0. The van der Waals surface area contributed by atoms with Gasteiger partial charge in [0, 0.05) is 18.6 Å². The van der Waals surface area contributed by atoms with Gasteiger partial charge in [0.05, 0.1) is 17.2 Å². The maximum Gasteiger partial charge on any atom is 0.277 e. The zero-order chi connectivity index (χ0) is 19.5. The molecular weight excluding hydrogens is 446 g/mol. The standard InChI is InChI=1S/C18H15BrClN7O/c19-14-8-21-27(10-14)12-25-7-6-16(23-25)18(28)22-17-15(20)11-26(24-17)9-13-4-2-1-3-5-13/h1-8,10-11H,9,12H2,(H,22,24,28). The monoisotopic (exact) mass is 459 g/mol. The molecule has 0 bridgehead atoms. The number of hydrogen-bond donors (Lipinski definition) is 1. The average molecular weight is 461 g/mol. The highest BCUT2D eigenvalue weighted by molar-refractivity contribution is 9.10. The van der Waals surface area contributed by atoms with Gasteiger partial charge in [0.2, 0.25) is 0 Å². The molecule has 4 aromatic rings.